The van der Waals surface area contributed by atoms with E-state index in [0.717, 1.165) is 17.1 Å². The van der Waals surface area contributed by atoms with Crippen molar-refractivity contribution in [2.75, 3.05) is 0 Å². The molecule has 0 aliphatic carbocycles. The summed E-state index contributed by atoms with van der Waals surface area (Å²) in [6.45, 7) is 3.89. The van der Waals surface area contributed by atoms with Crippen LogP contribution in [0.5, 0.6) is 0 Å². The van der Waals surface area contributed by atoms with Crippen molar-refractivity contribution in [2.45, 2.75) is 32.7 Å². The van der Waals surface area contributed by atoms with Crippen LogP contribution in [-0.2, 0) is 11.2 Å². The van der Waals surface area contributed by atoms with Crippen molar-refractivity contribution in [1.29, 1.82) is 0 Å². The van der Waals surface area contributed by atoms with E-state index in [-0.39, 0.29) is 23.9 Å². The van der Waals surface area contributed by atoms with Gasteiger partial charge in [-0.25, -0.2) is 9.78 Å². The standard InChI is InChI=1S/C16H18N2O3S/c1-3-13(15-17-10(2)9-22-15)18-14(19)8-11-6-4-5-7-12(11)16(20)21/h4-7,9,13H,3,8H2,1-2H3,(H,18,19)(H,20,21). The predicted octanol–water partition coefficient (Wildman–Crippen LogP) is 2.96. The number of carboxylic acid groups (broad SMARTS) is 1. The summed E-state index contributed by atoms with van der Waals surface area (Å²) < 4.78 is 0. The number of carbonyl (C=O) groups excluding carboxylic acids is 1. The first-order chi connectivity index (χ1) is 10.5. The fraction of sp³-hybridized carbons (Fsp3) is 0.312. The van der Waals surface area contributed by atoms with Crippen LogP contribution >= 0.6 is 11.3 Å². The zero-order valence-corrected chi connectivity index (χ0v) is 13.3. The summed E-state index contributed by atoms with van der Waals surface area (Å²) in [5.41, 5.74) is 1.61. The number of nitrogens with one attached hydrogen (secondary N) is 1. The lowest BCUT2D eigenvalue weighted by Crippen LogP contribution is -2.30. The van der Waals surface area contributed by atoms with Gasteiger partial charge in [0, 0.05) is 11.1 Å². The molecule has 1 unspecified atom stereocenters. The van der Waals surface area contributed by atoms with Crippen LogP contribution in [0.25, 0.3) is 0 Å². The topological polar surface area (TPSA) is 79.3 Å². The zero-order chi connectivity index (χ0) is 16.1. The maximum Gasteiger partial charge on any atom is 0.335 e. The molecule has 1 aromatic heterocycles. The number of hydrogen-bond donors (Lipinski definition) is 2. The number of carbonyl (C=O) groups is 2. The summed E-state index contributed by atoms with van der Waals surface area (Å²) in [6.07, 6.45) is 0.780. The smallest absolute Gasteiger partial charge is 0.335 e. The van der Waals surface area contributed by atoms with Gasteiger partial charge in [-0.1, -0.05) is 25.1 Å². The highest BCUT2D eigenvalue weighted by molar-refractivity contribution is 7.09. The largest absolute Gasteiger partial charge is 0.478 e. The van der Waals surface area contributed by atoms with Crippen LogP contribution in [0.15, 0.2) is 29.6 Å². The minimum Gasteiger partial charge on any atom is -0.478 e. The van der Waals surface area contributed by atoms with Crippen LogP contribution in [0.2, 0.25) is 0 Å². The fourth-order valence-corrected chi connectivity index (χ4v) is 3.10. The highest BCUT2D eigenvalue weighted by atomic mass is 32.1. The summed E-state index contributed by atoms with van der Waals surface area (Å²) >= 11 is 1.52. The van der Waals surface area contributed by atoms with E-state index < -0.39 is 5.97 Å². The Bertz CT molecular complexity index is 682. The van der Waals surface area contributed by atoms with E-state index >= 15 is 0 Å². The number of aromatic carboxylic acids is 1. The molecule has 6 heteroatoms. The Morgan fingerprint density at radius 2 is 2.09 bits per heavy atom. The Morgan fingerprint density at radius 3 is 2.68 bits per heavy atom. The number of benzene rings is 1. The molecule has 2 aromatic rings. The monoisotopic (exact) mass is 318 g/mol. The summed E-state index contributed by atoms with van der Waals surface area (Å²) in [4.78, 5) is 27.8. The molecule has 2 N–H and O–H groups in total. The molecule has 0 aliphatic heterocycles. The van der Waals surface area contributed by atoms with Gasteiger partial charge in [0.1, 0.15) is 5.01 Å². The van der Waals surface area contributed by atoms with E-state index in [0.29, 0.717) is 5.56 Å². The molecule has 0 bridgehead atoms. The van der Waals surface area contributed by atoms with Crippen LogP contribution in [0.4, 0.5) is 0 Å². The lowest BCUT2D eigenvalue weighted by Gasteiger charge is -2.15. The van der Waals surface area contributed by atoms with Crippen molar-refractivity contribution in [3.05, 3.63) is 51.5 Å². The number of hydrogen-bond acceptors (Lipinski definition) is 4. The third kappa shape index (κ3) is 3.92. The normalized spacial score (nSPS) is 11.9. The second kappa shape index (κ2) is 7.17. The Labute approximate surface area is 133 Å². The molecule has 1 aromatic carbocycles. The lowest BCUT2D eigenvalue weighted by molar-refractivity contribution is -0.121. The van der Waals surface area contributed by atoms with E-state index in [9.17, 15) is 9.59 Å². The molecule has 0 aliphatic rings. The molecule has 0 saturated heterocycles. The van der Waals surface area contributed by atoms with Crippen LogP contribution in [-0.4, -0.2) is 22.0 Å². The number of nitrogens with zero attached hydrogens (tertiary/aromatic N) is 1. The zero-order valence-electron chi connectivity index (χ0n) is 12.5. The number of carboxylic acids is 1. The van der Waals surface area contributed by atoms with E-state index in [1.54, 1.807) is 18.2 Å². The molecule has 0 fully saturated rings. The molecule has 0 radical (unpaired) electrons. The quantitative estimate of drug-likeness (QED) is 0.858. The summed E-state index contributed by atoms with van der Waals surface area (Å²) in [5.74, 6) is -1.22. The van der Waals surface area contributed by atoms with E-state index in [2.05, 4.69) is 10.3 Å². The molecular weight excluding hydrogens is 300 g/mol. The van der Waals surface area contributed by atoms with Crippen LogP contribution in [0.1, 0.15) is 46.0 Å². The molecule has 1 heterocycles. The highest BCUT2D eigenvalue weighted by Crippen LogP contribution is 2.21. The van der Waals surface area contributed by atoms with Crippen molar-refractivity contribution >= 4 is 23.2 Å². The number of rotatable bonds is 6. The summed E-state index contributed by atoms with van der Waals surface area (Å²) in [7, 11) is 0. The van der Waals surface area contributed by atoms with Gasteiger partial charge in [-0.3, -0.25) is 4.79 Å². The Hall–Kier alpha value is -2.21. The van der Waals surface area contributed by atoms with Crippen LogP contribution in [0.3, 0.4) is 0 Å². The first kappa shape index (κ1) is 16.2. The van der Waals surface area contributed by atoms with Crippen LogP contribution in [0, 0.1) is 6.92 Å². The third-order valence-electron chi connectivity index (χ3n) is 3.28. The molecular formula is C16H18N2O3S. The molecule has 0 spiro atoms. The van der Waals surface area contributed by atoms with Crippen molar-refractivity contribution in [3.8, 4) is 0 Å². The minimum absolute atomic E-state index is 0.0450. The second-order valence-corrected chi connectivity index (χ2v) is 5.88. The summed E-state index contributed by atoms with van der Waals surface area (Å²) in [6, 6.07) is 6.42. The van der Waals surface area contributed by atoms with Crippen molar-refractivity contribution in [1.82, 2.24) is 10.3 Å². The Morgan fingerprint density at radius 1 is 1.36 bits per heavy atom. The van der Waals surface area contributed by atoms with E-state index in [1.165, 1.54) is 17.4 Å². The summed E-state index contributed by atoms with van der Waals surface area (Å²) in [5, 5.41) is 14.9. The van der Waals surface area contributed by atoms with Gasteiger partial charge in [0.05, 0.1) is 18.0 Å². The van der Waals surface area contributed by atoms with Gasteiger partial charge in [-0.15, -0.1) is 11.3 Å². The molecule has 2 rings (SSSR count). The molecule has 1 amide bonds. The van der Waals surface area contributed by atoms with E-state index in [1.807, 2.05) is 19.2 Å². The predicted molar refractivity (Wildman–Crippen MR) is 85.1 cm³/mol. The van der Waals surface area contributed by atoms with Gasteiger partial charge in [0.25, 0.3) is 0 Å². The van der Waals surface area contributed by atoms with Crippen molar-refractivity contribution < 1.29 is 14.7 Å². The maximum atomic E-state index is 12.2. The van der Waals surface area contributed by atoms with Crippen molar-refractivity contribution in [3.63, 3.8) is 0 Å². The Balaban J connectivity index is 2.08. The Kier molecular flexibility index (Phi) is 5.27. The second-order valence-electron chi connectivity index (χ2n) is 4.99. The van der Waals surface area contributed by atoms with Gasteiger partial charge in [-0.05, 0) is 25.0 Å². The van der Waals surface area contributed by atoms with Crippen LogP contribution < -0.4 is 5.32 Å². The van der Waals surface area contributed by atoms with Gasteiger partial charge in [0.15, 0.2) is 0 Å². The number of aromatic nitrogens is 1. The molecule has 1 atom stereocenters. The lowest BCUT2D eigenvalue weighted by atomic mass is 10.0. The first-order valence-corrected chi connectivity index (χ1v) is 7.91. The van der Waals surface area contributed by atoms with Crippen molar-refractivity contribution in [2.24, 2.45) is 0 Å². The molecule has 116 valence electrons. The third-order valence-corrected chi connectivity index (χ3v) is 4.35. The molecule has 0 saturated carbocycles. The number of thiazole rings is 1. The highest BCUT2D eigenvalue weighted by Gasteiger charge is 2.18. The average Bonchev–Trinajstić information content (AvgIpc) is 2.91. The van der Waals surface area contributed by atoms with Gasteiger partial charge < -0.3 is 10.4 Å². The van der Waals surface area contributed by atoms with E-state index in [4.69, 9.17) is 5.11 Å². The first-order valence-electron chi connectivity index (χ1n) is 7.03. The number of amides is 1. The maximum absolute atomic E-state index is 12.2. The van der Waals surface area contributed by atoms with Gasteiger partial charge in [0.2, 0.25) is 5.91 Å². The molecule has 22 heavy (non-hydrogen) atoms. The van der Waals surface area contributed by atoms with Gasteiger partial charge >= 0.3 is 5.97 Å². The minimum atomic E-state index is -1.02. The van der Waals surface area contributed by atoms with Gasteiger partial charge in [-0.2, -0.15) is 0 Å². The number of aryl methyl sites for hydroxylation is 1. The fourth-order valence-electron chi connectivity index (χ4n) is 2.17. The average molecular weight is 318 g/mol. The molecule has 5 nitrogen and oxygen atoms in total. The SMILES string of the molecule is CCC(NC(=O)Cc1ccccc1C(=O)O)c1nc(C)cs1.